The Bertz CT molecular complexity index is 1080. The van der Waals surface area contributed by atoms with Crippen molar-refractivity contribution in [2.45, 2.75) is 25.6 Å². The topological polar surface area (TPSA) is 49.4 Å². The molecule has 1 aliphatic heterocycles. The number of nitrogens with one attached hydrogen (secondary N) is 1. The molecule has 1 heterocycles. The second kappa shape index (κ2) is 9.40. The molecule has 0 aromatic heterocycles. The Morgan fingerprint density at radius 2 is 1.74 bits per heavy atom. The minimum atomic E-state index is -0.128. The Labute approximate surface area is 187 Å². The number of hydrogen-bond donors (Lipinski definition) is 1. The predicted molar refractivity (Wildman–Crippen MR) is 127 cm³/mol. The standard InChI is InChI=1S/C26H26N2O2S/c1-18-7-6-10-23(19(18)2)27-25(30)21-11-13-22(14-12-21)26-28(24(29)17-31-26)16-15-20-8-4-3-5-9-20/h3-14,26H,15-17H2,1-2H3,(H,27,30)/t26-/m1/s1. The van der Waals surface area contributed by atoms with Gasteiger partial charge in [-0.3, -0.25) is 9.59 Å². The van der Waals surface area contributed by atoms with Crippen LogP contribution in [-0.4, -0.2) is 29.0 Å². The molecule has 0 saturated carbocycles. The fourth-order valence-electron chi connectivity index (χ4n) is 3.75. The zero-order chi connectivity index (χ0) is 21.8. The number of anilines is 1. The lowest BCUT2D eigenvalue weighted by molar-refractivity contribution is -0.128. The Balaban J connectivity index is 1.44. The van der Waals surface area contributed by atoms with Crippen molar-refractivity contribution < 1.29 is 9.59 Å². The van der Waals surface area contributed by atoms with Crippen LogP contribution in [0.3, 0.4) is 0 Å². The van der Waals surface area contributed by atoms with E-state index < -0.39 is 0 Å². The lowest BCUT2D eigenvalue weighted by Crippen LogP contribution is -2.30. The molecular formula is C26H26N2O2S. The summed E-state index contributed by atoms with van der Waals surface area (Å²) in [6.07, 6.45) is 0.833. The van der Waals surface area contributed by atoms with Crippen LogP contribution < -0.4 is 5.32 Å². The Hall–Kier alpha value is -3.05. The summed E-state index contributed by atoms with van der Waals surface area (Å²) >= 11 is 1.64. The Morgan fingerprint density at radius 3 is 2.48 bits per heavy atom. The lowest BCUT2D eigenvalue weighted by atomic mass is 10.1. The highest BCUT2D eigenvalue weighted by Crippen LogP contribution is 2.38. The third-order valence-electron chi connectivity index (χ3n) is 5.76. The molecule has 3 aromatic rings. The van der Waals surface area contributed by atoms with E-state index in [-0.39, 0.29) is 17.2 Å². The Kier molecular flexibility index (Phi) is 6.42. The van der Waals surface area contributed by atoms with Crippen LogP contribution in [0.1, 0.15) is 38.0 Å². The number of benzene rings is 3. The van der Waals surface area contributed by atoms with E-state index in [1.807, 2.05) is 79.4 Å². The van der Waals surface area contributed by atoms with Crippen molar-refractivity contribution in [2.24, 2.45) is 0 Å². The molecule has 0 radical (unpaired) electrons. The van der Waals surface area contributed by atoms with E-state index in [1.54, 1.807) is 11.8 Å². The van der Waals surface area contributed by atoms with Crippen molar-refractivity contribution in [1.82, 2.24) is 4.90 Å². The fourth-order valence-corrected chi connectivity index (χ4v) is 4.97. The van der Waals surface area contributed by atoms with Gasteiger partial charge in [-0.1, -0.05) is 54.6 Å². The zero-order valence-corrected chi connectivity index (χ0v) is 18.6. The minimum Gasteiger partial charge on any atom is -0.326 e. The molecule has 2 amide bonds. The maximum absolute atomic E-state index is 12.7. The summed E-state index contributed by atoms with van der Waals surface area (Å²) in [5, 5.41) is 2.99. The van der Waals surface area contributed by atoms with Crippen molar-refractivity contribution in [1.29, 1.82) is 0 Å². The molecule has 4 rings (SSSR count). The highest BCUT2D eigenvalue weighted by Gasteiger charge is 2.32. The minimum absolute atomic E-state index is 0.00709. The molecular weight excluding hydrogens is 404 g/mol. The molecule has 0 aliphatic carbocycles. The SMILES string of the molecule is Cc1cccc(NC(=O)c2ccc([C@H]3SCC(=O)N3CCc3ccccc3)cc2)c1C. The van der Waals surface area contributed by atoms with Gasteiger partial charge in [-0.2, -0.15) is 0 Å². The van der Waals surface area contributed by atoms with Crippen LogP contribution in [0.25, 0.3) is 0 Å². The molecule has 158 valence electrons. The summed E-state index contributed by atoms with van der Waals surface area (Å²) in [4.78, 5) is 27.1. The van der Waals surface area contributed by atoms with E-state index in [0.29, 0.717) is 17.9 Å². The van der Waals surface area contributed by atoms with Gasteiger partial charge >= 0.3 is 0 Å². The number of aryl methyl sites for hydroxylation is 1. The van der Waals surface area contributed by atoms with Crippen LogP contribution in [0.5, 0.6) is 0 Å². The average Bonchev–Trinajstić information content (AvgIpc) is 3.16. The van der Waals surface area contributed by atoms with E-state index >= 15 is 0 Å². The average molecular weight is 431 g/mol. The molecule has 0 unspecified atom stereocenters. The largest absolute Gasteiger partial charge is 0.326 e. The quantitative estimate of drug-likeness (QED) is 0.572. The molecule has 1 fully saturated rings. The summed E-state index contributed by atoms with van der Waals surface area (Å²) < 4.78 is 0. The second-order valence-corrected chi connectivity index (χ2v) is 8.88. The zero-order valence-electron chi connectivity index (χ0n) is 17.8. The van der Waals surface area contributed by atoms with Gasteiger partial charge in [-0.05, 0) is 60.7 Å². The van der Waals surface area contributed by atoms with Gasteiger partial charge in [0.05, 0.1) is 5.75 Å². The number of rotatable bonds is 6. The number of hydrogen-bond acceptors (Lipinski definition) is 3. The smallest absolute Gasteiger partial charge is 0.255 e. The first-order chi connectivity index (χ1) is 15.0. The van der Waals surface area contributed by atoms with Crippen molar-refractivity contribution in [2.75, 3.05) is 17.6 Å². The first-order valence-electron chi connectivity index (χ1n) is 10.5. The molecule has 1 saturated heterocycles. The van der Waals surface area contributed by atoms with Crippen molar-refractivity contribution in [3.05, 3.63) is 101 Å². The third-order valence-corrected chi connectivity index (χ3v) is 7.02. The number of nitrogens with zero attached hydrogens (tertiary/aromatic N) is 1. The number of thioether (sulfide) groups is 1. The van der Waals surface area contributed by atoms with Gasteiger partial charge in [-0.25, -0.2) is 0 Å². The number of carbonyl (C=O) groups excluding carboxylic acids is 2. The van der Waals surface area contributed by atoms with Crippen molar-refractivity contribution in [3.8, 4) is 0 Å². The van der Waals surface area contributed by atoms with Gasteiger partial charge in [0.25, 0.3) is 5.91 Å². The van der Waals surface area contributed by atoms with Crippen LogP contribution >= 0.6 is 11.8 Å². The fraction of sp³-hybridized carbons (Fsp3) is 0.231. The molecule has 31 heavy (non-hydrogen) atoms. The van der Waals surface area contributed by atoms with E-state index in [4.69, 9.17) is 0 Å². The van der Waals surface area contributed by atoms with Crippen LogP contribution in [0, 0.1) is 13.8 Å². The molecule has 0 spiro atoms. The van der Waals surface area contributed by atoms with E-state index in [2.05, 4.69) is 17.4 Å². The normalized spacial score (nSPS) is 15.9. The molecule has 1 atom stereocenters. The number of carbonyl (C=O) groups is 2. The van der Waals surface area contributed by atoms with Crippen LogP contribution in [-0.2, 0) is 11.2 Å². The summed E-state index contributed by atoms with van der Waals surface area (Å²) in [7, 11) is 0. The van der Waals surface area contributed by atoms with E-state index in [0.717, 1.165) is 28.8 Å². The van der Waals surface area contributed by atoms with Crippen molar-refractivity contribution >= 4 is 29.3 Å². The monoisotopic (exact) mass is 430 g/mol. The van der Waals surface area contributed by atoms with Gasteiger partial charge in [0.15, 0.2) is 0 Å². The van der Waals surface area contributed by atoms with Crippen LogP contribution in [0.4, 0.5) is 5.69 Å². The molecule has 0 bridgehead atoms. The van der Waals surface area contributed by atoms with Crippen LogP contribution in [0.15, 0.2) is 72.8 Å². The van der Waals surface area contributed by atoms with Crippen LogP contribution in [0.2, 0.25) is 0 Å². The number of amides is 2. The summed E-state index contributed by atoms with van der Waals surface area (Å²) in [6.45, 7) is 4.73. The van der Waals surface area contributed by atoms with Gasteiger partial charge in [0.2, 0.25) is 5.91 Å². The summed E-state index contributed by atoms with van der Waals surface area (Å²) in [6, 6.07) is 23.7. The molecule has 5 heteroatoms. The molecule has 4 nitrogen and oxygen atoms in total. The van der Waals surface area contributed by atoms with E-state index in [1.165, 1.54) is 5.56 Å². The lowest BCUT2D eigenvalue weighted by Gasteiger charge is -2.24. The van der Waals surface area contributed by atoms with Crippen molar-refractivity contribution in [3.63, 3.8) is 0 Å². The molecule has 1 N–H and O–H groups in total. The van der Waals surface area contributed by atoms with Gasteiger partial charge in [-0.15, -0.1) is 11.8 Å². The van der Waals surface area contributed by atoms with Gasteiger partial charge in [0, 0.05) is 17.8 Å². The third kappa shape index (κ3) is 4.83. The summed E-state index contributed by atoms with van der Waals surface area (Å²) in [5.74, 6) is 0.535. The van der Waals surface area contributed by atoms with Gasteiger partial charge < -0.3 is 10.2 Å². The maximum Gasteiger partial charge on any atom is 0.255 e. The predicted octanol–water partition coefficient (Wildman–Crippen LogP) is 5.37. The summed E-state index contributed by atoms with van der Waals surface area (Å²) in [5.41, 5.74) is 5.93. The first-order valence-corrected chi connectivity index (χ1v) is 11.5. The van der Waals surface area contributed by atoms with Gasteiger partial charge in [0.1, 0.15) is 5.37 Å². The first kappa shape index (κ1) is 21.2. The molecule has 3 aromatic carbocycles. The van der Waals surface area contributed by atoms with E-state index in [9.17, 15) is 9.59 Å². The highest BCUT2D eigenvalue weighted by molar-refractivity contribution is 8.00. The molecule has 1 aliphatic rings. The highest BCUT2D eigenvalue weighted by atomic mass is 32.2. The Morgan fingerprint density at radius 1 is 1.00 bits per heavy atom. The maximum atomic E-state index is 12.7. The second-order valence-electron chi connectivity index (χ2n) is 7.81.